The van der Waals surface area contributed by atoms with Gasteiger partial charge in [0, 0.05) is 23.5 Å². The molecule has 1 aliphatic rings. The maximum atomic E-state index is 12.8. The Morgan fingerprint density at radius 2 is 2.08 bits per heavy atom. The molecule has 0 saturated carbocycles. The van der Waals surface area contributed by atoms with Crippen LogP contribution >= 0.6 is 11.3 Å². The fraction of sp³-hybridized carbons (Fsp3) is 0.211. The second-order valence-electron chi connectivity index (χ2n) is 6.02. The first-order chi connectivity index (χ1) is 12.2. The monoisotopic (exact) mass is 351 g/mol. The lowest BCUT2D eigenvalue weighted by Gasteiger charge is -2.25. The van der Waals surface area contributed by atoms with Crippen molar-refractivity contribution in [2.75, 3.05) is 6.61 Å². The molecule has 1 amide bonds. The Morgan fingerprint density at radius 1 is 1.24 bits per heavy atom. The molecule has 0 radical (unpaired) electrons. The first-order valence-corrected chi connectivity index (χ1v) is 8.96. The highest BCUT2D eigenvalue weighted by Gasteiger charge is 2.27. The molecule has 0 N–H and O–H groups in total. The number of benzene rings is 1. The highest BCUT2D eigenvalue weighted by molar-refractivity contribution is 7.12. The number of carbonyl (C=O) groups is 1. The molecular formula is C19H17N3O2S. The van der Waals surface area contributed by atoms with E-state index >= 15 is 0 Å². The van der Waals surface area contributed by atoms with E-state index in [4.69, 9.17) is 4.74 Å². The fourth-order valence-electron chi connectivity index (χ4n) is 2.93. The zero-order valence-corrected chi connectivity index (χ0v) is 14.6. The van der Waals surface area contributed by atoms with E-state index in [2.05, 4.69) is 16.0 Å². The van der Waals surface area contributed by atoms with Crippen LogP contribution in [0.25, 0.3) is 11.1 Å². The minimum absolute atomic E-state index is 0.00510. The number of amides is 1. The average molecular weight is 351 g/mol. The standard InChI is InChI=1S/C19H17N3O2S/c1-13-11-24-17-5-4-14(16-8-20-12-21-9-16)7-15(17)10-22(13)19(23)18-3-2-6-25-18/h2-9,12-13H,10-11H2,1H3/t13-/m1/s1. The number of fused-ring (bicyclic) bond motifs is 1. The second-order valence-corrected chi connectivity index (χ2v) is 6.97. The first kappa shape index (κ1) is 15.8. The van der Waals surface area contributed by atoms with Crippen LogP contribution in [0.1, 0.15) is 22.2 Å². The van der Waals surface area contributed by atoms with Crippen LogP contribution < -0.4 is 4.74 Å². The molecule has 5 nitrogen and oxygen atoms in total. The number of ether oxygens (including phenoxy) is 1. The topological polar surface area (TPSA) is 55.3 Å². The summed E-state index contributed by atoms with van der Waals surface area (Å²) in [5.74, 6) is 0.876. The van der Waals surface area contributed by atoms with Crippen LogP contribution in [0.15, 0.2) is 54.4 Å². The number of hydrogen-bond acceptors (Lipinski definition) is 5. The molecule has 1 aromatic carbocycles. The molecule has 0 saturated heterocycles. The van der Waals surface area contributed by atoms with Crippen molar-refractivity contribution in [3.05, 3.63) is 64.9 Å². The van der Waals surface area contributed by atoms with E-state index in [1.54, 1.807) is 12.4 Å². The molecule has 0 fully saturated rings. The largest absolute Gasteiger partial charge is 0.491 e. The number of nitrogens with zero attached hydrogens (tertiary/aromatic N) is 3. The van der Waals surface area contributed by atoms with Gasteiger partial charge in [0.25, 0.3) is 5.91 Å². The number of thiophene rings is 1. The maximum absolute atomic E-state index is 12.8. The van der Waals surface area contributed by atoms with Crippen molar-refractivity contribution >= 4 is 17.2 Å². The Kier molecular flexibility index (Phi) is 4.19. The molecular weight excluding hydrogens is 334 g/mol. The van der Waals surface area contributed by atoms with Crippen LogP contribution in [0.3, 0.4) is 0 Å². The molecule has 126 valence electrons. The quantitative estimate of drug-likeness (QED) is 0.707. The van der Waals surface area contributed by atoms with Crippen LogP contribution in [0.4, 0.5) is 0 Å². The van der Waals surface area contributed by atoms with E-state index < -0.39 is 0 Å². The molecule has 0 spiro atoms. The minimum Gasteiger partial charge on any atom is -0.491 e. The maximum Gasteiger partial charge on any atom is 0.264 e. The zero-order valence-electron chi connectivity index (χ0n) is 13.8. The zero-order chi connectivity index (χ0) is 17.2. The SMILES string of the molecule is C[C@@H]1COc2ccc(-c3cncnc3)cc2CN1C(=O)c1cccs1. The highest BCUT2D eigenvalue weighted by Crippen LogP contribution is 2.30. The van der Waals surface area contributed by atoms with Gasteiger partial charge in [0.2, 0.25) is 0 Å². The van der Waals surface area contributed by atoms with Crippen molar-refractivity contribution in [2.45, 2.75) is 19.5 Å². The molecule has 6 heteroatoms. The molecule has 2 aromatic heterocycles. The van der Waals surface area contributed by atoms with Crippen molar-refractivity contribution in [1.82, 2.24) is 14.9 Å². The summed E-state index contributed by atoms with van der Waals surface area (Å²) in [6, 6.07) is 9.79. The predicted octanol–water partition coefficient (Wildman–Crippen LogP) is 3.63. The average Bonchev–Trinajstić information content (AvgIpc) is 3.14. The predicted molar refractivity (Wildman–Crippen MR) is 96.6 cm³/mol. The number of hydrogen-bond donors (Lipinski definition) is 0. The Balaban J connectivity index is 1.68. The van der Waals surface area contributed by atoms with Gasteiger partial charge in [-0.25, -0.2) is 9.97 Å². The third-order valence-electron chi connectivity index (χ3n) is 4.30. The lowest BCUT2D eigenvalue weighted by Crippen LogP contribution is -2.39. The van der Waals surface area contributed by atoms with Gasteiger partial charge in [-0.05, 0) is 36.1 Å². The number of aromatic nitrogens is 2. The van der Waals surface area contributed by atoms with Gasteiger partial charge in [-0.3, -0.25) is 4.79 Å². The molecule has 0 unspecified atom stereocenters. The van der Waals surface area contributed by atoms with Crippen molar-refractivity contribution in [3.8, 4) is 16.9 Å². The summed E-state index contributed by atoms with van der Waals surface area (Å²) >= 11 is 1.47. The van der Waals surface area contributed by atoms with Crippen molar-refractivity contribution < 1.29 is 9.53 Å². The summed E-state index contributed by atoms with van der Waals surface area (Å²) in [4.78, 5) is 23.6. The van der Waals surface area contributed by atoms with E-state index in [9.17, 15) is 4.79 Å². The van der Waals surface area contributed by atoms with E-state index in [1.165, 1.54) is 17.7 Å². The molecule has 4 rings (SSSR count). The molecule has 0 aliphatic carbocycles. The molecule has 3 heterocycles. The van der Waals surface area contributed by atoms with Gasteiger partial charge in [-0.1, -0.05) is 12.1 Å². The van der Waals surface area contributed by atoms with Crippen molar-refractivity contribution in [3.63, 3.8) is 0 Å². The van der Waals surface area contributed by atoms with E-state index in [1.807, 2.05) is 41.5 Å². The third-order valence-corrected chi connectivity index (χ3v) is 5.16. The Bertz CT molecular complexity index is 881. The van der Waals surface area contributed by atoms with Crippen molar-refractivity contribution in [2.24, 2.45) is 0 Å². The lowest BCUT2D eigenvalue weighted by atomic mass is 10.0. The smallest absolute Gasteiger partial charge is 0.264 e. The van der Waals surface area contributed by atoms with Gasteiger partial charge in [-0.2, -0.15) is 0 Å². The van der Waals surface area contributed by atoms with Gasteiger partial charge < -0.3 is 9.64 Å². The van der Waals surface area contributed by atoms with Crippen molar-refractivity contribution in [1.29, 1.82) is 0 Å². The summed E-state index contributed by atoms with van der Waals surface area (Å²) in [5, 5.41) is 1.92. The summed E-state index contributed by atoms with van der Waals surface area (Å²) in [6.07, 6.45) is 5.08. The van der Waals surface area contributed by atoms with E-state index in [-0.39, 0.29) is 11.9 Å². The summed E-state index contributed by atoms with van der Waals surface area (Å²) < 4.78 is 5.93. The Labute approximate surface area is 149 Å². The van der Waals surface area contributed by atoms with Crippen LogP contribution in [0, 0.1) is 0 Å². The normalized spacial score (nSPS) is 16.7. The minimum atomic E-state index is 0.00510. The first-order valence-electron chi connectivity index (χ1n) is 8.08. The van der Waals surface area contributed by atoms with Crippen LogP contribution in [0.5, 0.6) is 5.75 Å². The highest BCUT2D eigenvalue weighted by atomic mass is 32.1. The van der Waals surface area contributed by atoms with Crippen LogP contribution in [-0.2, 0) is 6.54 Å². The number of rotatable bonds is 2. The molecule has 1 atom stereocenters. The van der Waals surface area contributed by atoms with Crippen LogP contribution in [-0.4, -0.2) is 33.4 Å². The molecule has 0 bridgehead atoms. The Hall–Kier alpha value is -2.73. The second kappa shape index (κ2) is 6.64. The Morgan fingerprint density at radius 3 is 2.84 bits per heavy atom. The fourth-order valence-corrected chi connectivity index (χ4v) is 3.60. The molecule has 25 heavy (non-hydrogen) atoms. The lowest BCUT2D eigenvalue weighted by molar-refractivity contribution is 0.0650. The van der Waals surface area contributed by atoms with Crippen LogP contribution in [0.2, 0.25) is 0 Å². The molecule has 1 aliphatic heterocycles. The number of carbonyl (C=O) groups excluding carboxylic acids is 1. The summed E-state index contributed by atoms with van der Waals surface area (Å²) in [6.45, 7) is 3.02. The summed E-state index contributed by atoms with van der Waals surface area (Å²) in [5.41, 5.74) is 2.95. The molecule has 3 aromatic rings. The van der Waals surface area contributed by atoms with Gasteiger partial charge in [-0.15, -0.1) is 11.3 Å². The van der Waals surface area contributed by atoms with E-state index in [0.29, 0.717) is 13.2 Å². The van der Waals surface area contributed by atoms with E-state index in [0.717, 1.165) is 27.3 Å². The summed E-state index contributed by atoms with van der Waals surface area (Å²) in [7, 11) is 0. The van der Waals surface area contributed by atoms with Gasteiger partial charge in [0.1, 0.15) is 18.7 Å². The third kappa shape index (κ3) is 3.13. The van der Waals surface area contributed by atoms with Gasteiger partial charge >= 0.3 is 0 Å². The van der Waals surface area contributed by atoms with Gasteiger partial charge in [0.15, 0.2) is 0 Å². The van der Waals surface area contributed by atoms with Gasteiger partial charge in [0.05, 0.1) is 17.5 Å².